The molecule has 1 aromatic rings. The van der Waals surface area contributed by atoms with Crippen molar-refractivity contribution in [2.24, 2.45) is 5.92 Å². The monoisotopic (exact) mass is 473 g/mol. The van der Waals surface area contributed by atoms with Crippen molar-refractivity contribution in [2.45, 2.75) is 92.5 Å². The number of nitrogens with one attached hydrogen (secondary N) is 2. The van der Waals surface area contributed by atoms with Crippen LogP contribution in [-0.2, 0) is 14.3 Å². The average Bonchev–Trinajstić information content (AvgIpc) is 2.65. The zero-order valence-electron chi connectivity index (χ0n) is 22.5. The van der Waals surface area contributed by atoms with Crippen molar-refractivity contribution in [3.8, 4) is 0 Å². The fourth-order valence-corrected chi connectivity index (χ4v) is 3.43. The molecule has 0 bridgehead atoms. The number of alkyl carbamates (subject to hydrolysis) is 1. The van der Waals surface area contributed by atoms with E-state index in [1.54, 1.807) is 26.8 Å². The van der Waals surface area contributed by atoms with Crippen LogP contribution < -0.4 is 10.6 Å². The van der Waals surface area contributed by atoms with Gasteiger partial charge in [-0.3, -0.25) is 9.59 Å². The summed E-state index contributed by atoms with van der Waals surface area (Å²) in [6.45, 7) is 22.5. The Hall–Kier alpha value is -2.83. The van der Waals surface area contributed by atoms with Crippen molar-refractivity contribution >= 4 is 17.9 Å². The molecular weight excluding hydrogens is 430 g/mol. The summed E-state index contributed by atoms with van der Waals surface area (Å²) < 4.78 is 5.38. The molecule has 2 unspecified atom stereocenters. The number of benzene rings is 1. The van der Waals surface area contributed by atoms with Crippen LogP contribution >= 0.6 is 0 Å². The Morgan fingerprint density at radius 3 is 2.09 bits per heavy atom. The number of hydrogen-bond acceptors (Lipinski definition) is 4. The van der Waals surface area contributed by atoms with E-state index in [-0.39, 0.29) is 24.3 Å². The Kier molecular flexibility index (Phi) is 9.91. The molecule has 0 spiro atoms. The molecule has 34 heavy (non-hydrogen) atoms. The van der Waals surface area contributed by atoms with Crippen LogP contribution in [0.2, 0.25) is 0 Å². The number of carbonyl (C=O) groups is 3. The first-order valence-corrected chi connectivity index (χ1v) is 11.8. The highest BCUT2D eigenvalue weighted by Gasteiger charge is 2.38. The van der Waals surface area contributed by atoms with Gasteiger partial charge in [-0.15, -0.1) is 6.58 Å². The summed E-state index contributed by atoms with van der Waals surface area (Å²) in [6, 6.07) is 3.95. The second-order valence-corrected chi connectivity index (χ2v) is 11.1. The number of rotatable bonds is 8. The summed E-state index contributed by atoms with van der Waals surface area (Å²) in [5, 5.41) is 5.71. The number of carbonyl (C=O) groups excluding carboxylic acids is 3. The summed E-state index contributed by atoms with van der Waals surface area (Å²) in [4.78, 5) is 41.3. The molecule has 0 heterocycles. The van der Waals surface area contributed by atoms with E-state index in [1.807, 2.05) is 66.7 Å². The van der Waals surface area contributed by atoms with Crippen LogP contribution in [0.1, 0.15) is 78.1 Å². The minimum atomic E-state index is -0.897. The van der Waals surface area contributed by atoms with E-state index in [9.17, 15) is 14.4 Å². The SMILES string of the molecule is C=CCN(C(=O)C(NC(=O)OC(C)(C)C)C(C)C)C(C(=O)NC(C)(C)C)c1ccc(C)c(C)c1. The van der Waals surface area contributed by atoms with Gasteiger partial charge in [-0.2, -0.15) is 0 Å². The van der Waals surface area contributed by atoms with Crippen LogP contribution in [0, 0.1) is 19.8 Å². The van der Waals surface area contributed by atoms with E-state index in [4.69, 9.17) is 4.74 Å². The van der Waals surface area contributed by atoms with E-state index in [1.165, 1.54) is 4.90 Å². The van der Waals surface area contributed by atoms with Gasteiger partial charge in [0.05, 0.1) is 0 Å². The summed E-state index contributed by atoms with van der Waals surface area (Å²) in [7, 11) is 0. The predicted octanol–water partition coefficient (Wildman–Crippen LogP) is 4.82. The van der Waals surface area contributed by atoms with E-state index >= 15 is 0 Å². The van der Waals surface area contributed by atoms with Crippen LogP contribution in [0.15, 0.2) is 30.9 Å². The standard InChI is InChI=1S/C27H43N3O4/c1-12-15-30(24(32)21(17(2)3)28-25(33)34-27(9,10)11)22(23(31)29-26(6,7)8)20-14-13-18(4)19(5)16-20/h12-14,16-17,21-22H,1,15H2,2-11H3,(H,28,33)(H,29,31). The molecule has 0 aliphatic rings. The lowest BCUT2D eigenvalue weighted by Crippen LogP contribution is -2.56. The molecule has 0 fully saturated rings. The van der Waals surface area contributed by atoms with Gasteiger partial charge in [0.15, 0.2) is 0 Å². The maximum atomic E-state index is 13.8. The molecule has 7 heteroatoms. The van der Waals surface area contributed by atoms with Crippen LogP contribution in [0.4, 0.5) is 4.79 Å². The largest absolute Gasteiger partial charge is 0.444 e. The fraction of sp³-hybridized carbons (Fsp3) is 0.593. The number of aryl methyl sites for hydroxylation is 2. The second-order valence-electron chi connectivity index (χ2n) is 11.1. The van der Waals surface area contributed by atoms with E-state index in [2.05, 4.69) is 17.2 Å². The third-order valence-electron chi connectivity index (χ3n) is 5.12. The van der Waals surface area contributed by atoms with Crippen LogP contribution in [0.25, 0.3) is 0 Å². The van der Waals surface area contributed by atoms with Gasteiger partial charge in [0, 0.05) is 12.1 Å². The molecule has 7 nitrogen and oxygen atoms in total. The highest BCUT2D eigenvalue weighted by molar-refractivity contribution is 5.92. The number of amides is 3. The maximum absolute atomic E-state index is 13.8. The molecular formula is C27H43N3O4. The van der Waals surface area contributed by atoms with Gasteiger partial charge < -0.3 is 20.3 Å². The lowest BCUT2D eigenvalue weighted by molar-refractivity contribution is -0.143. The van der Waals surface area contributed by atoms with Gasteiger partial charge in [-0.1, -0.05) is 38.1 Å². The van der Waals surface area contributed by atoms with E-state index in [0.717, 1.165) is 11.1 Å². The van der Waals surface area contributed by atoms with Gasteiger partial charge in [0.25, 0.3) is 0 Å². The molecule has 0 radical (unpaired) electrons. The molecule has 1 rings (SSSR count). The van der Waals surface area contributed by atoms with Crippen LogP contribution in [0.3, 0.4) is 0 Å². The minimum Gasteiger partial charge on any atom is -0.444 e. The molecule has 0 aromatic heterocycles. The Morgan fingerprint density at radius 2 is 1.65 bits per heavy atom. The van der Waals surface area contributed by atoms with Crippen molar-refractivity contribution in [1.29, 1.82) is 0 Å². The summed E-state index contributed by atoms with van der Waals surface area (Å²) in [6.07, 6.45) is 0.904. The van der Waals surface area contributed by atoms with Crippen LogP contribution in [0.5, 0.6) is 0 Å². The Balaban J connectivity index is 3.50. The fourth-order valence-electron chi connectivity index (χ4n) is 3.43. The van der Waals surface area contributed by atoms with Gasteiger partial charge >= 0.3 is 6.09 Å². The highest BCUT2D eigenvalue weighted by Crippen LogP contribution is 2.26. The van der Waals surface area contributed by atoms with Gasteiger partial charge in [0.1, 0.15) is 17.7 Å². The summed E-state index contributed by atoms with van der Waals surface area (Å²) >= 11 is 0. The zero-order valence-corrected chi connectivity index (χ0v) is 22.5. The molecule has 2 atom stereocenters. The number of hydrogen-bond donors (Lipinski definition) is 2. The Bertz CT molecular complexity index is 894. The normalized spacial score (nSPS) is 13.6. The highest BCUT2D eigenvalue weighted by atomic mass is 16.6. The number of nitrogens with zero attached hydrogens (tertiary/aromatic N) is 1. The molecule has 190 valence electrons. The minimum absolute atomic E-state index is 0.132. The van der Waals surface area contributed by atoms with Crippen molar-refractivity contribution in [2.75, 3.05) is 6.54 Å². The average molecular weight is 474 g/mol. The first-order chi connectivity index (χ1) is 15.5. The molecule has 1 aromatic carbocycles. The molecule has 3 amide bonds. The summed E-state index contributed by atoms with van der Waals surface area (Å²) in [5.41, 5.74) is 1.60. The quantitative estimate of drug-likeness (QED) is 0.530. The van der Waals surface area contributed by atoms with E-state index < -0.39 is 29.3 Å². The molecule has 2 N–H and O–H groups in total. The lowest BCUT2D eigenvalue weighted by Gasteiger charge is -2.36. The van der Waals surface area contributed by atoms with Crippen molar-refractivity contribution < 1.29 is 19.1 Å². The van der Waals surface area contributed by atoms with Crippen LogP contribution in [-0.4, -0.2) is 46.5 Å². The molecule has 0 aliphatic carbocycles. The van der Waals surface area contributed by atoms with Gasteiger partial charge in [-0.05, 0) is 78.0 Å². The molecule has 0 saturated carbocycles. The maximum Gasteiger partial charge on any atom is 0.408 e. The van der Waals surface area contributed by atoms with Gasteiger partial charge in [-0.25, -0.2) is 4.79 Å². The Labute approximate surface area is 205 Å². The lowest BCUT2D eigenvalue weighted by atomic mass is 9.96. The first kappa shape index (κ1) is 29.2. The second kappa shape index (κ2) is 11.5. The smallest absolute Gasteiger partial charge is 0.408 e. The topological polar surface area (TPSA) is 87.7 Å². The zero-order chi connectivity index (χ0) is 26.4. The van der Waals surface area contributed by atoms with Crippen molar-refractivity contribution in [1.82, 2.24) is 15.5 Å². The number of ether oxygens (including phenoxy) is 1. The Morgan fingerprint density at radius 1 is 1.06 bits per heavy atom. The van der Waals surface area contributed by atoms with E-state index in [0.29, 0.717) is 5.56 Å². The van der Waals surface area contributed by atoms with Gasteiger partial charge in [0.2, 0.25) is 11.8 Å². The third-order valence-corrected chi connectivity index (χ3v) is 5.12. The summed E-state index contributed by atoms with van der Waals surface area (Å²) in [5.74, 6) is -0.919. The predicted molar refractivity (Wildman–Crippen MR) is 136 cm³/mol. The molecule has 0 aliphatic heterocycles. The first-order valence-electron chi connectivity index (χ1n) is 11.8. The molecule has 0 saturated heterocycles. The third kappa shape index (κ3) is 8.84. The van der Waals surface area contributed by atoms with Crippen molar-refractivity contribution in [3.63, 3.8) is 0 Å². The van der Waals surface area contributed by atoms with Crippen molar-refractivity contribution in [3.05, 3.63) is 47.5 Å².